The third-order valence-corrected chi connectivity index (χ3v) is 4.84. The van der Waals surface area contributed by atoms with Crippen LogP contribution in [0.1, 0.15) is 45.1 Å². The number of fused-ring (bicyclic) bond motifs is 1. The van der Waals surface area contributed by atoms with Crippen LogP contribution in [0.2, 0.25) is 0 Å². The maximum atomic E-state index is 12.2. The van der Waals surface area contributed by atoms with Gasteiger partial charge in [-0.2, -0.15) is 5.10 Å². The molecule has 1 saturated carbocycles. The van der Waals surface area contributed by atoms with E-state index >= 15 is 0 Å². The summed E-state index contributed by atoms with van der Waals surface area (Å²) in [6.07, 6.45) is 7.33. The Morgan fingerprint density at radius 2 is 2.22 bits per heavy atom. The first-order valence-electron chi connectivity index (χ1n) is 7.95. The average molecular weight is 336 g/mol. The number of aromatic amines is 1. The Labute approximate surface area is 137 Å². The normalized spacial score (nSPS) is 15.9. The van der Waals surface area contributed by atoms with Gasteiger partial charge in [0.1, 0.15) is 5.39 Å². The molecule has 0 spiro atoms. The van der Waals surface area contributed by atoms with Crippen LogP contribution in [0.3, 0.4) is 0 Å². The molecule has 8 heteroatoms. The summed E-state index contributed by atoms with van der Waals surface area (Å²) in [6.45, 7) is 2.11. The van der Waals surface area contributed by atoms with Gasteiger partial charge in [-0.25, -0.2) is 9.67 Å². The summed E-state index contributed by atoms with van der Waals surface area (Å²) in [5.41, 5.74) is 0.385. The molecule has 2 aromatic heterocycles. The second-order valence-electron chi connectivity index (χ2n) is 5.58. The summed E-state index contributed by atoms with van der Waals surface area (Å²) in [5.74, 6) is -0.194. The Morgan fingerprint density at radius 1 is 1.43 bits per heavy atom. The van der Waals surface area contributed by atoms with E-state index in [0.717, 1.165) is 12.8 Å². The van der Waals surface area contributed by atoms with Crippen LogP contribution in [0.5, 0.6) is 0 Å². The van der Waals surface area contributed by atoms with Gasteiger partial charge in [-0.05, 0) is 19.8 Å². The Morgan fingerprint density at radius 3 is 2.96 bits per heavy atom. The fourth-order valence-corrected chi connectivity index (χ4v) is 3.56. The van der Waals surface area contributed by atoms with E-state index in [4.69, 9.17) is 4.74 Å². The number of H-pyrrole nitrogens is 1. The monoisotopic (exact) mass is 336 g/mol. The number of nitrogens with one attached hydrogen (secondary N) is 1. The Bertz CT molecular complexity index is 749. The first-order valence-corrected chi connectivity index (χ1v) is 8.93. The number of aromatic nitrogens is 4. The van der Waals surface area contributed by atoms with Gasteiger partial charge in [0.15, 0.2) is 10.8 Å². The highest BCUT2D eigenvalue weighted by atomic mass is 32.2. The molecule has 0 bridgehead atoms. The zero-order chi connectivity index (χ0) is 16.2. The van der Waals surface area contributed by atoms with Gasteiger partial charge in [-0.3, -0.25) is 9.59 Å². The van der Waals surface area contributed by atoms with Gasteiger partial charge in [0.25, 0.3) is 5.56 Å². The van der Waals surface area contributed by atoms with Crippen molar-refractivity contribution in [1.29, 1.82) is 0 Å². The van der Waals surface area contributed by atoms with Crippen LogP contribution in [0.25, 0.3) is 11.0 Å². The highest BCUT2D eigenvalue weighted by Gasteiger charge is 2.20. The van der Waals surface area contributed by atoms with E-state index in [-0.39, 0.29) is 17.3 Å². The van der Waals surface area contributed by atoms with E-state index in [9.17, 15) is 9.59 Å². The van der Waals surface area contributed by atoms with Crippen LogP contribution in [0.15, 0.2) is 16.1 Å². The minimum Gasteiger partial charge on any atom is -0.465 e. The van der Waals surface area contributed by atoms with Crippen LogP contribution in [0, 0.1) is 0 Å². The van der Waals surface area contributed by atoms with Crippen molar-refractivity contribution in [2.75, 3.05) is 12.4 Å². The highest BCUT2D eigenvalue weighted by molar-refractivity contribution is 7.99. The summed E-state index contributed by atoms with van der Waals surface area (Å²) in [6, 6.07) is 0.304. The van der Waals surface area contributed by atoms with E-state index in [1.807, 2.05) is 4.68 Å². The lowest BCUT2D eigenvalue weighted by Gasteiger charge is -2.22. The molecular formula is C15H20N4O3S. The molecule has 23 heavy (non-hydrogen) atoms. The summed E-state index contributed by atoms with van der Waals surface area (Å²) in [4.78, 5) is 30.8. The number of rotatable bonds is 5. The largest absolute Gasteiger partial charge is 0.465 e. The number of hydrogen-bond donors (Lipinski definition) is 1. The van der Waals surface area contributed by atoms with E-state index in [1.165, 1.54) is 31.0 Å². The lowest BCUT2D eigenvalue weighted by molar-refractivity contribution is -0.139. The van der Waals surface area contributed by atoms with E-state index < -0.39 is 0 Å². The fraction of sp³-hybridized carbons (Fsp3) is 0.600. The molecule has 0 aromatic carbocycles. The number of nitrogens with zero attached hydrogens (tertiary/aromatic N) is 3. The standard InChI is InChI=1S/C15H20N4O3S/c1-2-22-12(20)9-23-15-17-13-11(14(21)18-15)8-16-19(13)10-6-4-3-5-7-10/h8,10H,2-7,9H2,1H3,(H,17,18,21). The third-order valence-electron chi connectivity index (χ3n) is 3.99. The fourth-order valence-electron chi connectivity index (χ4n) is 2.91. The smallest absolute Gasteiger partial charge is 0.316 e. The maximum Gasteiger partial charge on any atom is 0.316 e. The highest BCUT2D eigenvalue weighted by Crippen LogP contribution is 2.29. The molecular weight excluding hydrogens is 316 g/mol. The second kappa shape index (κ2) is 7.16. The lowest BCUT2D eigenvalue weighted by Crippen LogP contribution is -2.16. The van der Waals surface area contributed by atoms with Crippen LogP contribution in [-0.4, -0.2) is 38.1 Å². The van der Waals surface area contributed by atoms with E-state index in [2.05, 4.69) is 15.1 Å². The molecule has 0 amide bonds. The van der Waals surface area contributed by atoms with Crippen LogP contribution < -0.4 is 5.56 Å². The van der Waals surface area contributed by atoms with Gasteiger partial charge < -0.3 is 9.72 Å². The van der Waals surface area contributed by atoms with Crippen molar-refractivity contribution in [2.24, 2.45) is 0 Å². The molecule has 7 nitrogen and oxygen atoms in total. The van der Waals surface area contributed by atoms with Gasteiger partial charge in [0.2, 0.25) is 0 Å². The molecule has 2 aromatic rings. The minimum atomic E-state index is -0.318. The van der Waals surface area contributed by atoms with Crippen molar-refractivity contribution in [3.63, 3.8) is 0 Å². The Balaban J connectivity index is 1.86. The zero-order valence-electron chi connectivity index (χ0n) is 13.1. The number of carbonyl (C=O) groups excluding carboxylic acids is 1. The van der Waals surface area contributed by atoms with Crippen LogP contribution in [0.4, 0.5) is 0 Å². The van der Waals surface area contributed by atoms with Crippen molar-refractivity contribution in [2.45, 2.75) is 50.2 Å². The van der Waals surface area contributed by atoms with Gasteiger partial charge >= 0.3 is 5.97 Å². The summed E-state index contributed by atoms with van der Waals surface area (Å²) >= 11 is 1.17. The molecule has 1 aliphatic carbocycles. The lowest BCUT2D eigenvalue weighted by atomic mass is 9.96. The molecule has 2 heterocycles. The predicted molar refractivity (Wildman–Crippen MR) is 87.6 cm³/mol. The SMILES string of the molecule is CCOC(=O)CSc1nc2c(cnn2C2CCCCC2)c(=O)[nH]1. The number of ether oxygens (including phenoxy) is 1. The summed E-state index contributed by atoms with van der Waals surface area (Å²) in [7, 11) is 0. The number of carbonyl (C=O) groups is 1. The summed E-state index contributed by atoms with van der Waals surface area (Å²) in [5, 5.41) is 5.30. The Kier molecular flexibility index (Phi) is 5.00. The first kappa shape index (κ1) is 16.0. The molecule has 0 unspecified atom stereocenters. The minimum absolute atomic E-state index is 0.125. The van der Waals surface area contributed by atoms with Crippen LogP contribution in [-0.2, 0) is 9.53 Å². The molecule has 1 N–H and O–H groups in total. The van der Waals surface area contributed by atoms with E-state index in [1.54, 1.807) is 13.1 Å². The quantitative estimate of drug-likeness (QED) is 0.512. The molecule has 0 radical (unpaired) electrons. The third kappa shape index (κ3) is 3.57. The van der Waals surface area contributed by atoms with Crippen LogP contribution >= 0.6 is 11.8 Å². The molecule has 1 fully saturated rings. The zero-order valence-corrected chi connectivity index (χ0v) is 13.9. The molecule has 124 valence electrons. The van der Waals surface area contributed by atoms with Crippen molar-refractivity contribution in [3.05, 3.63) is 16.6 Å². The molecule has 1 aliphatic rings. The first-order chi connectivity index (χ1) is 11.2. The molecule has 0 saturated heterocycles. The van der Waals surface area contributed by atoms with Crippen molar-refractivity contribution >= 4 is 28.8 Å². The second-order valence-corrected chi connectivity index (χ2v) is 6.55. The number of esters is 1. The number of hydrogen-bond acceptors (Lipinski definition) is 6. The Hall–Kier alpha value is -1.83. The van der Waals surface area contributed by atoms with Gasteiger partial charge in [0.05, 0.1) is 24.6 Å². The summed E-state index contributed by atoms with van der Waals surface area (Å²) < 4.78 is 6.76. The average Bonchev–Trinajstić information content (AvgIpc) is 2.98. The topological polar surface area (TPSA) is 89.9 Å². The number of thioether (sulfide) groups is 1. The molecule has 3 rings (SSSR count). The van der Waals surface area contributed by atoms with Crippen molar-refractivity contribution in [3.8, 4) is 0 Å². The van der Waals surface area contributed by atoms with Gasteiger partial charge in [-0.15, -0.1) is 0 Å². The van der Waals surface area contributed by atoms with Crippen molar-refractivity contribution in [1.82, 2.24) is 19.7 Å². The molecule has 0 atom stereocenters. The maximum absolute atomic E-state index is 12.2. The van der Waals surface area contributed by atoms with Gasteiger partial charge in [0, 0.05) is 0 Å². The molecule has 0 aliphatic heterocycles. The van der Waals surface area contributed by atoms with E-state index in [0.29, 0.717) is 28.8 Å². The predicted octanol–water partition coefficient (Wildman–Crippen LogP) is 2.28. The van der Waals surface area contributed by atoms with Gasteiger partial charge in [-0.1, -0.05) is 31.0 Å². The van der Waals surface area contributed by atoms with Crippen molar-refractivity contribution < 1.29 is 9.53 Å².